The maximum absolute atomic E-state index is 14.1. The SMILES string of the molecule is CC(C)=CCS1(C(F)(F)S(=O)(=O)OF)CCCC1. The lowest BCUT2D eigenvalue weighted by molar-refractivity contribution is -0.0124. The Morgan fingerprint density at radius 2 is 1.83 bits per heavy atom. The minimum Gasteiger partial charge on any atom is -0.189 e. The topological polar surface area (TPSA) is 43.4 Å². The predicted octanol–water partition coefficient (Wildman–Crippen LogP) is 3.33. The molecule has 1 aliphatic rings. The van der Waals surface area contributed by atoms with Crippen molar-refractivity contribution in [2.45, 2.75) is 31.3 Å². The van der Waals surface area contributed by atoms with Crippen LogP contribution in [0, 0.1) is 0 Å². The Balaban J connectivity index is 3.16. The lowest BCUT2D eigenvalue weighted by Gasteiger charge is -2.39. The van der Waals surface area contributed by atoms with Gasteiger partial charge in [0, 0.05) is 5.75 Å². The van der Waals surface area contributed by atoms with Crippen molar-refractivity contribution in [2.75, 3.05) is 17.3 Å². The second kappa shape index (κ2) is 5.42. The molecule has 0 aliphatic carbocycles. The summed E-state index contributed by atoms with van der Waals surface area (Å²) in [5.41, 5.74) is 0.836. The number of allylic oxidation sites excluding steroid dienone is 1. The van der Waals surface area contributed by atoms with Crippen LogP contribution in [-0.2, 0) is 14.5 Å². The van der Waals surface area contributed by atoms with Gasteiger partial charge in [0.15, 0.2) is 0 Å². The summed E-state index contributed by atoms with van der Waals surface area (Å²) >= 11 is 0. The van der Waals surface area contributed by atoms with E-state index in [9.17, 15) is 21.7 Å². The Morgan fingerprint density at radius 3 is 2.22 bits per heavy atom. The summed E-state index contributed by atoms with van der Waals surface area (Å²) in [7, 11) is -8.25. The van der Waals surface area contributed by atoms with Gasteiger partial charge < -0.3 is 0 Å². The number of alkyl halides is 2. The molecule has 108 valence electrons. The van der Waals surface area contributed by atoms with Gasteiger partial charge in [0.1, 0.15) is 0 Å². The van der Waals surface area contributed by atoms with E-state index in [2.05, 4.69) is 4.39 Å². The molecule has 0 bridgehead atoms. The molecule has 1 fully saturated rings. The zero-order valence-electron chi connectivity index (χ0n) is 10.3. The van der Waals surface area contributed by atoms with Gasteiger partial charge in [-0.2, -0.15) is 27.2 Å². The fourth-order valence-electron chi connectivity index (χ4n) is 1.94. The summed E-state index contributed by atoms with van der Waals surface area (Å²) in [6, 6.07) is 0. The third-order valence-corrected chi connectivity index (χ3v) is 9.38. The van der Waals surface area contributed by atoms with Crippen LogP contribution in [0.5, 0.6) is 0 Å². The van der Waals surface area contributed by atoms with Crippen LogP contribution in [0.1, 0.15) is 26.7 Å². The number of hydrogen-bond donors (Lipinski definition) is 0. The van der Waals surface area contributed by atoms with Gasteiger partial charge in [0.2, 0.25) is 0 Å². The Labute approximate surface area is 107 Å². The third kappa shape index (κ3) is 2.70. The van der Waals surface area contributed by atoms with E-state index >= 15 is 0 Å². The van der Waals surface area contributed by atoms with Crippen molar-refractivity contribution in [3.05, 3.63) is 11.6 Å². The van der Waals surface area contributed by atoms with Gasteiger partial charge in [-0.05, 0) is 42.7 Å². The summed E-state index contributed by atoms with van der Waals surface area (Å²) < 4.78 is 60.7. The van der Waals surface area contributed by atoms with Crippen LogP contribution in [0.4, 0.5) is 13.3 Å². The largest absolute Gasteiger partial charge is 0.405 e. The van der Waals surface area contributed by atoms with E-state index in [0.29, 0.717) is 12.8 Å². The Kier molecular flexibility index (Phi) is 4.77. The van der Waals surface area contributed by atoms with Crippen molar-refractivity contribution in [1.82, 2.24) is 0 Å². The zero-order valence-corrected chi connectivity index (χ0v) is 11.9. The van der Waals surface area contributed by atoms with E-state index in [1.165, 1.54) is 0 Å². The van der Waals surface area contributed by atoms with Crippen molar-refractivity contribution < 1.29 is 26.1 Å². The predicted molar refractivity (Wildman–Crippen MR) is 66.9 cm³/mol. The fraction of sp³-hybridized carbons (Fsp3) is 0.800. The number of hydrogen-bond acceptors (Lipinski definition) is 3. The minimum atomic E-state index is -5.48. The van der Waals surface area contributed by atoms with E-state index in [-0.39, 0.29) is 17.3 Å². The highest BCUT2D eigenvalue weighted by atomic mass is 32.3. The lowest BCUT2D eigenvalue weighted by atomic mass is 10.3. The summed E-state index contributed by atoms with van der Waals surface area (Å²) in [5, 5.41) is 0. The molecule has 1 heterocycles. The van der Waals surface area contributed by atoms with Gasteiger partial charge in [0.05, 0.1) is 0 Å². The number of rotatable bonds is 5. The molecule has 0 N–H and O–H groups in total. The maximum atomic E-state index is 14.1. The van der Waals surface area contributed by atoms with Crippen molar-refractivity contribution in [2.24, 2.45) is 0 Å². The highest BCUT2D eigenvalue weighted by Crippen LogP contribution is 2.67. The molecule has 0 radical (unpaired) electrons. The van der Waals surface area contributed by atoms with Gasteiger partial charge in [-0.25, -0.2) is 0 Å². The smallest absolute Gasteiger partial charge is 0.189 e. The van der Waals surface area contributed by atoms with Crippen LogP contribution in [-0.4, -0.2) is 30.3 Å². The molecule has 0 aromatic carbocycles. The summed E-state index contributed by atoms with van der Waals surface area (Å²) in [4.78, 5) is 0. The van der Waals surface area contributed by atoms with Crippen LogP contribution in [0.3, 0.4) is 0 Å². The Bertz CT molecular complexity index is 422. The molecule has 0 atom stereocenters. The Hall–Kier alpha value is -0.210. The molecular formula is C10H17F3O3S2. The van der Waals surface area contributed by atoms with Crippen molar-refractivity contribution in [3.8, 4) is 0 Å². The van der Waals surface area contributed by atoms with E-state index in [0.717, 1.165) is 5.57 Å². The van der Waals surface area contributed by atoms with Crippen LogP contribution < -0.4 is 0 Å². The molecule has 0 unspecified atom stereocenters. The lowest BCUT2D eigenvalue weighted by Crippen LogP contribution is -2.37. The second-order valence-corrected chi connectivity index (χ2v) is 10.1. The molecule has 0 aromatic heterocycles. The van der Waals surface area contributed by atoms with Gasteiger partial charge in [-0.15, -0.1) is 0 Å². The van der Waals surface area contributed by atoms with Crippen LogP contribution in [0.15, 0.2) is 11.6 Å². The second-order valence-electron chi connectivity index (χ2n) is 4.59. The van der Waals surface area contributed by atoms with E-state index in [1.807, 2.05) is 0 Å². The number of halogens is 3. The first-order valence-corrected chi connectivity index (χ1v) is 9.05. The standard InChI is InChI=1S/C10H17F3O3S2/c1-9(2)5-8-17(6-3-4-7-17)10(11,12)18(14,15)16-13/h5H,3-4,6-8H2,1-2H3. The van der Waals surface area contributed by atoms with E-state index in [4.69, 9.17) is 0 Å². The van der Waals surface area contributed by atoms with Crippen LogP contribution in [0.25, 0.3) is 0 Å². The zero-order chi connectivity index (χ0) is 14.0. The first-order chi connectivity index (χ1) is 8.18. The van der Waals surface area contributed by atoms with E-state index in [1.54, 1.807) is 19.9 Å². The van der Waals surface area contributed by atoms with Crippen molar-refractivity contribution >= 4 is 20.1 Å². The summed E-state index contributed by atoms with van der Waals surface area (Å²) in [5.74, 6) is 0.254. The molecule has 3 nitrogen and oxygen atoms in total. The first-order valence-electron chi connectivity index (χ1n) is 5.50. The fourth-order valence-corrected chi connectivity index (χ4v) is 7.90. The maximum Gasteiger partial charge on any atom is 0.405 e. The van der Waals surface area contributed by atoms with Gasteiger partial charge in [0.25, 0.3) is 0 Å². The molecular weight excluding hydrogens is 289 g/mol. The molecule has 0 amide bonds. The highest BCUT2D eigenvalue weighted by Gasteiger charge is 2.60. The molecule has 0 aromatic rings. The summed E-state index contributed by atoms with van der Waals surface area (Å²) in [6.45, 7) is 3.50. The molecule has 18 heavy (non-hydrogen) atoms. The third-order valence-electron chi connectivity index (χ3n) is 3.01. The van der Waals surface area contributed by atoms with Gasteiger partial charge in [-0.1, -0.05) is 16.0 Å². The molecule has 8 heteroatoms. The quantitative estimate of drug-likeness (QED) is 0.732. The first kappa shape index (κ1) is 15.8. The monoisotopic (exact) mass is 306 g/mol. The van der Waals surface area contributed by atoms with Crippen LogP contribution in [0.2, 0.25) is 0 Å². The average Bonchev–Trinajstić information content (AvgIpc) is 2.76. The van der Waals surface area contributed by atoms with Crippen LogP contribution >= 0.6 is 10.0 Å². The van der Waals surface area contributed by atoms with E-state index < -0.39 is 24.7 Å². The normalized spacial score (nSPS) is 21.6. The molecule has 1 saturated heterocycles. The van der Waals surface area contributed by atoms with Gasteiger partial charge in [-0.3, -0.25) is 0 Å². The van der Waals surface area contributed by atoms with Crippen molar-refractivity contribution in [3.63, 3.8) is 0 Å². The molecule has 1 rings (SSSR count). The minimum absolute atomic E-state index is 0.00900. The Morgan fingerprint density at radius 1 is 1.33 bits per heavy atom. The highest BCUT2D eigenvalue weighted by molar-refractivity contribution is 8.39. The molecule has 0 spiro atoms. The molecule has 1 aliphatic heterocycles. The van der Waals surface area contributed by atoms with Crippen molar-refractivity contribution in [1.29, 1.82) is 0 Å². The average molecular weight is 306 g/mol. The molecule has 0 saturated carbocycles. The van der Waals surface area contributed by atoms with Gasteiger partial charge >= 0.3 is 14.7 Å². The summed E-state index contributed by atoms with van der Waals surface area (Å²) in [6.07, 6.45) is 2.69.